The van der Waals surface area contributed by atoms with Crippen LogP contribution in [0, 0.1) is 0 Å². The second kappa shape index (κ2) is 9.55. The van der Waals surface area contributed by atoms with Gasteiger partial charge in [-0.1, -0.05) is 0 Å². The average molecular weight is 329 g/mol. The van der Waals surface area contributed by atoms with Gasteiger partial charge in [-0.25, -0.2) is 9.97 Å². The van der Waals surface area contributed by atoms with E-state index < -0.39 is 6.04 Å². The minimum absolute atomic E-state index is 0. The molecule has 0 bridgehead atoms. The molecular weight excluding hydrogens is 304 g/mol. The van der Waals surface area contributed by atoms with Crippen molar-refractivity contribution in [3.63, 3.8) is 0 Å². The van der Waals surface area contributed by atoms with Gasteiger partial charge in [-0.2, -0.15) is 0 Å². The molecule has 1 amide bonds. The van der Waals surface area contributed by atoms with Gasteiger partial charge >= 0.3 is 0 Å². The van der Waals surface area contributed by atoms with Gasteiger partial charge in [-0.05, 0) is 26.0 Å². The zero-order valence-corrected chi connectivity index (χ0v) is 13.8. The molecule has 1 aromatic heterocycles. The number of nitrogens with two attached hydrogens (primary N) is 1. The number of carbonyl (C=O) groups excluding carboxylic acids is 1. The fourth-order valence-electron chi connectivity index (χ4n) is 2.30. The van der Waals surface area contributed by atoms with Gasteiger partial charge in [0.15, 0.2) is 0 Å². The summed E-state index contributed by atoms with van der Waals surface area (Å²) in [5, 5.41) is 2.84. The number of aromatic nitrogens is 2. The standard InChI is InChI=1S/C14H24N6O.ClH/c1-12(15)13(21)16-6-3-7-19-8-10-20(11-9-19)14-17-4-2-5-18-14;/h2,4-5,12H,3,6-11,15H2,1H3,(H,16,21);1H. The van der Waals surface area contributed by atoms with Crippen LogP contribution in [0.2, 0.25) is 0 Å². The fourth-order valence-corrected chi connectivity index (χ4v) is 2.30. The number of rotatable bonds is 6. The Morgan fingerprint density at radius 2 is 1.95 bits per heavy atom. The van der Waals surface area contributed by atoms with E-state index >= 15 is 0 Å². The van der Waals surface area contributed by atoms with Crippen molar-refractivity contribution in [3.8, 4) is 0 Å². The monoisotopic (exact) mass is 328 g/mol. The SMILES string of the molecule is CC(N)C(=O)NCCCN1CCN(c2ncccn2)CC1.Cl. The number of anilines is 1. The zero-order chi connectivity index (χ0) is 15.1. The van der Waals surface area contributed by atoms with Crippen LogP contribution in [-0.4, -0.2) is 66.1 Å². The molecule has 3 N–H and O–H groups in total. The summed E-state index contributed by atoms with van der Waals surface area (Å²) in [5.41, 5.74) is 5.49. The van der Waals surface area contributed by atoms with Crippen LogP contribution in [0.1, 0.15) is 13.3 Å². The number of piperazine rings is 1. The third-order valence-corrected chi connectivity index (χ3v) is 3.57. The van der Waals surface area contributed by atoms with Crippen molar-refractivity contribution in [2.24, 2.45) is 5.73 Å². The molecule has 0 saturated carbocycles. The molecular formula is C14H25ClN6O. The number of halogens is 1. The lowest BCUT2D eigenvalue weighted by Gasteiger charge is -2.34. The lowest BCUT2D eigenvalue weighted by molar-refractivity contribution is -0.121. The van der Waals surface area contributed by atoms with Crippen LogP contribution in [0.15, 0.2) is 18.5 Å². The molecule has 8 heteroatoms. The molecule has 0 spiro atoms. The van der Waals surface area contributed by atoms with E-state index in [0.717, 1.165) is 45.1 Å². The molecule has 1 aromatic rings. The van der Waals surface area contributed by atoms with Gasteiger partial charge in [0.05, 0.1) is 6.04 Å². The molecule has 1 aliphatic rings. The van der Waals surface area contributed by atoms with Crippen molar-refractivity contribution in [2.45, 2.75) is 19.4 Å². The number of hydrogen-bond donors (Lipinski definition) is 2. The van der Waals surface area contributed by atoms with Crippen LogP contribution in [0.25, 0.3) is 0 Å². The van der Waals surface area contributed by atoms with Gasteiger partial charge in [0.2, 0.25) is 11.9 Å². The summed E-state index contributed by atoms with van der Waals surface area (Å²) < 4.78 is 0. The molecule has 2 rings (SSSR count). The second-order valence-corrected chi connectivity index (χ2v) is 5.31. The molecule has 124 valence electrons. The molecule has 1 saturated heterocycles. The van der Waals surface area contributed by atoms with Crippen molar-refractivity contribution in [1.82, 2.24) is 20.2 Å². The lowest BCUT2D eigenvalue weighted by Crippen LogP contribution is -2.47. The Morgan fingerprint density at radius 1 is 1.32 bits per heavy atom. The van der Waals surface area contributed by atoms with Gasteiger partial charge < -0.3 is 16.0 Å². The van der Waals surface area contributed by atoms with Crippen LogP contribution >= 0.6 is 12.4 Å². The first-order chi connectivity index (χ1) is 10.2. The van der Waals surface area contributed by atoms with Gasteiger partial charge in [-0.3, -0.25) is 9.69 Å². The summed E-state index contributed by atoms with van der Waals surface area (Å²) in [7, 11) is 0. The number of nitrogens with one attached hydrogen (secondary N) is 1. The summed E-state index contributed by atoms with van der Waals surface area (Å²) in [6, 6.07) is 1.40. The fraction of sp³-hybridized carbons (Fsp3) is 0.643. The van der Waals surface area contributed by atoms with Gasteiger partial charge in [0, 0.05) is 45.1 Å². The molecule has 1 atom stereocenters. The molecule has 22 heavy (non-hydrogen) atoms. The van der Waals surface area contributed by atoms with Gasteiger partial charge in [0.25, 0.3) is 0 Å². The Kier molecular flexibility index (Phi) is 8.08. The van der Waals surface area contributed by atoms with E-state index in [-0.39, 0.29) is 18.3 Å². The van der Waals surface area contributed by atoms with E-state index in [4.69, 9.17) is 5.73 Å². The first-order valence-corrected chi connectivity index (χ1v) is 7.44. The Hall–Kier alpha value is -1.44. The van der Waals surface area contributed by atoms with Crippen molar-refractivity contribution in [1.29, 1.82) is 0 Å². The number of amides is 1. The molecule has 1 unspecified atom stereocenters. The van der Waals surface area contributed by atoms with E-state index in [1.165, 1.54) is 0 Å². The highest BCUT2D eigenvalue weighted by Crippen LogP contribution is 2.09. The maximum absolute atomic E-state index is 11.3. The summed E-state index contributed by atoms with van der Waals surface area (Å²) in [6.07, 6.45) is 4.49. The Bertz CT molecular complexity index is 436. The molecule has 7 nitrogen and oxygen atoms in total. The number of carbonyl (C=O) groups is 1. The third kappa shape index (κ3) is 5.75. The van der Waals surface area contributed by atoms with E-state index in [1.807, 2.05) is 6.07 Å². The zero-order valence-electron chi connectivity index (χ0n) is 12.9. The highest BCUT2D eigenvalue weighted by molar-refractivity contribution is 5.85. The van der Waals surface area contributed by atoms with Crippen molar-refractivity contribution in [3.05, 3.63) is 18.5 Å². The van der Waals surface area contributed by atoms with Gasteiger partial charge in [-0.15, -0.1) is 12.4 Å². The van der Waals surface area contributed by atoms with Crippen molar-refractivity contribution >= 4 is 24.3 Å². The summed E-state index contributed by atoms with van der Waals surface area (Å²) in [6.45, 7) is 7.25. The molecule has 0 radical (unpaired) electrons. The molecule has 2 heterocycles. The van der Waals surface area contributed by atoms with E-state index in [9.17, 15) is 4.79 Å². The number of nitrogens with zero attached hydrogens (tertiary/aromatic N) is 4. The van der Waals surface area contributed by atoms with Crippen molar-refractivity contribution in [2.75, 3.05) is 44.2 Å². The van der Waals surface area contributed by atoms with E-state index in [1.54, 1.807) is 19.3 Å². The van der Waals surface area contributed by atoms with E-state index in [0.29, 0.717) is 6.54 Å². The maximum atomic E-state index is 11.3. The molecule has 1 fully saturated rings. The average Bonchev–Trinajstić information content (AvgIpc) is 2.52. The molecule has 1 aliphatic heterocycles. The van der Waals surface area contributed by atoms with Crippen molar-refractivity contribution < 1.29 is 4.79 Å². The second-order valence-electron chi connectivity index (χ2n) is 5.31. The quantitative estimate of drug-likeness (QED) is 0.708. The first kappa shape index (κ1) is 18.6. The first-order valence-electron chi connectivity index (χ1n) is 7.44. The number of hydrogen-bond acceptors (Lipinski definition) is 6. The Morgan fingerprint density at radius 3 is 2.55 bits per heavy atom. The predicted molar refractivity (Wildman–Crippen MR) is 89.2 cm³/mol. The Balaban J connectivity index is 0.00000242. The normalized spacial score (nSPS) is 16.7. The van der Waals surface area contributed by atoms with Crippen LogP contribution in [-0.2, 0) is 4.79 Å². The largest absolute Gasteiger partial charge is 0.355 e. The third-order valence-electron chi connectivity index (χ3n) is 3.57. The minimum atomic E-state index is -0.431. The molecule has 0 aliphatic carbocycles. The molecule has 0 aromatic carbocycles. The van der Waals surface area contributed by atoms with E-state index in [2.05, 4.69) is 25.1 Å². The smallest absolute Gasteiger partial charge is 0.236 e. The van der Waals surface area contributed by atoms with Crippen LogP contribution in [0.3, 0.4) is 0 Å². The lowest BCUT2D eigenvalue weighted by atomic mass is 10.3. The highest BCUT2D eigenvalue weighted by Gasteiger charge is 2.18. The highest BCUT2D eigenvalue weighted by atomic mass is 35.5. The van der Waals surface area contributed by atoms with Crippen LogP contribution in [0.5, 0.6) is 0 Å². The maximum Gasteiger partial charge on any atom is 0.236 e. The predicted octanol–water partition coefficient (Wildman–Crippen LogP) is -0.126. The van der Waals surface area contributed by atoms with Crippen LogP contribution < -0.4 is 16.0 Å². The Labute approximate surface area is 137 Å². The van der Waals surface area contributed by atoms with Crippen LogP contribution in [0.4, 0.5) is 5.95 Å². The summed E-state index contributed by atoms with van der Waals surface area (Å²) in [5.74, 6) is 0.724. The minimum Gasteiger partial charge on any atom is -0.355 e. The topological polar surface area (TPSA) is 87.4 Å². The summed E-state index contributed by atoms with van der Waals surface area (Å²) >= 11 is 0. The van der Waals surface area contributed by atoms with Gasteiger partial charge in [0.1, 0.15) is 0 Å². The summed E-state index contributed by atoms with van der Waals surface area (Å²) in [4.78, 5) is 24.5.